The van der Waals surface area contributed by atoms with Crippen LogP contribution in [0, 0.1) is 5.92 Å². The normalized spacial score (nSPS) is 14.7. The van der Waals surface area contributed by atoms with Crippen LogP contribution in [0.15, 0.2) is 18.2 Å². The van der Waals surface area contributed by atoms with E-state index in [0.29, 0.717) is 50.0 Å². The molecule has 0 saturated carbocycles. The van der Waals surface area contributed by atoms with Crippen LogP contribution >= 0.6 is 0 Å². The van der Waals surface area contributed by atoms with Crippen LogP contribution in [0.25, 0.3) is 0 Å². The number of aryl methyl sites for hydroxylation is 1. The molecule has 1 aromatic carbocycles. The fourth-order valence-electron chi connectivity index (χ4n) is 3.17. The van der Waals surface area contributed by atoms with E-state index in [1.165, 1.54) is 0 Å². The lowest BCUT2D eigenvalue weighted by molar-refractivity contribution is -0.132. The van der Waals surface area contributed by atoms with Crippen LogP contribution in [0.1, 0.15) is 38.7 Å². The molecule has 1 aromatic rings. The maximum atomic E-state index is 12.5. The minimum atomic E-state index is -0.369. The molecule has 1 N–H and O–H groups in total. The van der Waals surface area contributed by atoms with E-state index in [1.54, 1.807) is 14.2 Å². The molecule has 1 aliphatic heterocycles. The van der Waals surface area contributed by atoms with Crippen LogP contribution in [0.4, 0.5) is 4.79 Å². The molecule has 28 heavy (non-hydrogen) atoms. The molecule has 7 nitrogen and oxygen atoms in total. The van der Waals surface area contributed by atoms with Crippen LogP contribution in [0.3, 0.4) is 0 Å². The van der Waals surface area contributed by atoms with Gasteiger partial charge in [0.2, 0.25) is 5.91 Å². The molecule has 0 unspecified atom stereocenters. The Hall–Kier alpha value is -2.44. The third-order valence-corrected chi connectivity index (χ3v) is 4.79. The van der Waals surface area contributed by atoms with Crippen molar-refractivity contribution in [2.45, 2.75) is 45.6 Å². The summed E-state index contributed by atoms with van der Waals surface area (Å²) in [5.74, 6) is 1.80. The Morgan fingerprint density at radius 2 is 1.82 bits per heavy atom. The molecular formula is C21H32N2O5. The molecule has 1 saturated heterocycles. The summed E-state index contributed by atoms with van der Waals surface area (Å²) in [5, 5.41) is 2.89. The lowest BCUT2D eigenvalue weighted by Gasteiger charge is -2.32. The minimum absolute atomic E-state index is 0.0644. The number of methoxy groups -OCH3 is 2. The van der Waals surface area contributed by atoms with Gasteiger partial charge in [0.1, 0.15) is 0 Å². The van der Waals surface area contributed by atoms with Gasteiger partial charge in [0.05, 0.1) is 20.8 Å². The molecule has 0 aliphatic carbocycles. The number of nitrogens with one attached hydrogen (secondary N) is 1. The summed E-state index contributed by atoms with van der Waals surface area (Å²) in [6.07, 6.45) is 2.23. The van der Waals surface area contributed by atoms with E-state index in [1.807, 2.05) is 36.9 Å². The molecule has 2 rings (SSSR count). The Morgan fingerprint density at radius 3 is 2.43 bits per heavy atom. The third kappa shape index (κ3) is 6.62. The zero-order valence-corrected chi connectivity index (χ0v) is 17.3. The zero-order chi connectivity index (χ0) is 20.5. The van der Waals surface area contributed by atoms with Crippen molar-refractivity contribution in [3.63, 3.8) is 0 Å². The number of carbonyl (C=O) groups is 2. The van der Waals surface area contributed by atoms with Crippen LogP contribution in [0.2, 0.25) is 0 Å². The van der Waals surface area contributed by atoms with Crippen LogP contribution < -0.4 is 14.8 Å². The average molecular weight is 392 g/mol. The Morgan fingerprint density at radius 1 is 1.14 bits per heavy atom. The molecular weight excluding hydrogens is 360 g/mol. The maximum absolute atomic E-state index is 12.5. The van der Waals surface area contributed by atoms with Gasteiger partial charge in [-0.1, -0.05) is 19.9 Å². The lowest BCUT2D eigenvalue weighted by Crippen LogP contribution is -2.46. The van der Waals surface area contributed by atoms with Crippen LogP contribution in [-0.4, -0.2) is 56.9 Å². The number of likely N-dealkylation sites (tertiary alicyclic amines) is 1. The zero-order valence-electron chi connectivity index (χ0n) is 17.3. The van der Waals surface area contributed by atoms with Crippen LogP contribution in [-0.2, 0) is 16.0 Å². The number of piperidine rings is 1. The van der Waals surface area contributed by atoms with Crippen molar-refractivity contribution in [2.24, 2.45) is 5.92 Å². The van der Waals surface area contributed by atoms with Gasteiger partial charge < -0.3 is 24.4 Å². The summed E-state index contributed by atoms with van der Waals surface area (Å²) in [5.41, 5.74) is 1.04. The number of benzene rings is 1. The second-order valence-electron chi connectivity index (χ2n) is 7.48. The molecule has 1 aliphatic rings. The molecule has 0 aromatic heterocycles. The number of nitrogens with zero attached hydrogens (tertiary/aromatic N) is 1. The summed E-state index contributed by atoms with van der Waals surface area (Å²) in [6, 6.07) is 5.78. The Kier molecular flexibility index (Phi) is 8.42. The van der Waals surface area contributed by atoms with Crippen molar-refractivity contribution in [1.29, 1.82) is 0 Å². The molecule has 1 fully saturated rings. The summed E-state index contributed by atoms with van der Waals surface area (Å²) < 4.78 is 15.7. The smallest absolute Gasteiger partial charge is 0.407 e. The van der Waals surface area contributed by atoms with Gasteiger partial charge in [-0.25, -0.2) is 4.79 Å². The van der Waals surface area contributed by atoms with Crippen molar-refractivity contribution in [3.05, 3.63) is 23.8 Å². The van der Waals surface area contributed by atoms with Crippen molar-refractivity contribution in [3.8, 4) is 11.5 Å². The molecule has 0 atom stereocenters. The molecule has 0 bridgehead atoms. The fourth-order valence-corrected chi connectivity index (χ4v) is 3.17. The predicted octanol–water partition coefficient (Wildman–Crippen LogP) is 3.01. The standard InChI is InChI=1S/C21H32N2O5/c1-15(2)14-28-21(25)22-17-9-11-23(12-10-17)20(24)8-6-16-5-7-18(26-3)19(13-16)27-4/h5,7,13,15,17H,6,8-12,14H2,1-4H3,(H,22,25). The van der Waals surface area contributed by atoms with E-state index >= 15 is 0 Å². The molecule has 0 spiro atoms. The van der Waals surface area contributed by atoms with Gasteiger partial charge in [-0.3, -0.25) is 4.79 Å². The van der Waals surface area contributed by atoms with E-state index in [-0.39, 0.29) is 18.0 Å². The van der Waals surface area contributed by atoms with Crippen molar-refractivity contribution < 1.29 is 23.8 Å². The lowest BCUT2D eigenvalue weighted by atomic mass is 10.0. The van der Waals surface area contributed by atoms with E-state index in [0.717, 1.165) is 18.4 Å². The van der Waals surface area contributed by atoms with Gasteiger partial charge in [-0.15, -0.1) is 0 Å². The highest BCUT2D eigenvalue weighted by molar-refractivity contribution is 5.76. The second kappa shape index (κ2) is 10.8. The van der Waals surface area contributed by atoms with Crippen LogP contribution in [0.5, 0.6) is 11.5 Å². The largest absolute Gasteiger partial charge is 0.493 e. The third-order valence-electron chi connectivity index (χ3n) is 4.79. The SMILES string of the molecule is COc1ccc(CCC(=O)N2CCC(NC(=O)OCC(C)C)CC2)cc1OC. The van der Waals surface area contributed by atoms with Crippen molar-refractivity contribution in [1.82, 2.24) is 10.2 Å². The monoisotopic (exact) mass is 392 g/mol. The van der Waals surface area contributed by atoms with E-state index in [2.05, 4.69) is 5.32 Å². The Balaban J connectivity index is 1.74. The number of carbonyl (C=O) groups excluding carboxylic acids is 2. The first-order valence-corrected chi connectivity index (χ1v) is 9.85. The highest BCUT2D eigenvalue weighted by atomic mass is 16.5. The van der Waals surface area contributed by atoms with Crippen molar-refractivity contribution in [2.75, 3.05) is 33.9 Å². The summed E-state index contributed by atoms with van der Waals surface area (Å²) in [4.78, 5) is 26.1. The van der Waals surface area contributed by atoms with Crippen molar-refractivity contribution >= 4 is 12.0 Å². The molecule has 156 valence electrons. The summed E-state index contributed by atoms with van der Waals surface area (Å²) in [7, 11) is 3.20. The predicted molar refractivity (Wildman–Crippen MR) is 107 cm³/mol. The first-order valence-electron chi connectivity index (χ1n) is 9.85. The maximum Gasteiger partial charge on any atom is 0.407 e. The summed E-state index contributed by atoms with van der Waals surface area (Å²) >= 11 is 0. The minimum Gasteiger partial charge on any atom is -0.493 e. The number of ether oxygens (including phenoxy) is 3. The number of alkyl carbamates (subject to hydrolysis) is 1. The average Bonchev–Trinajstić information content (AvgIpc) is 2.70. The Bertz CT molecular complexity index is 654. The van der Waals surface area contributed by atoms with Gasteiger partial charge in [-0.05, 0) is 42.9 Å². The fraction of sp³-hybridized carbons (Fsp3) is 0.619. The second-order valence-corrected chi connectivity index (χ2v) is 7.48. The molecule has 7 heteroatoms. The van der Waals surface area contributed by atoms with Gasteiger partial charge in [0.25, 0.3) is 0 Å². The Labute approximate surface area is 167 Å². The summed E-state index contributed by atoms with van der Waals surface area (Å²) in [6.45, 7) is 5.72. The first kappa shape index (κ1) is 21.9. The number of amides is 2. The molecule has 1 heterocycles. The van der Waals surface area contributed by atoms with Gasteiger partial charge in [-0.2, -0.15) is 0 Å². The first-order chi connectivity index (χ1) is 13.4. The van der Waals surface area contributed by atoms with Gasteiger partial charge in [0, 0.05) is 25.6 Å². The van der Waals surface area contributed by atoms with E-state index in [4.69, 9.17) is 14.2 Å². The topological polar surface area (TPSA) is 77.1 Å². The van der Waals surface area contributed by atoms with Gasteiger partial charge in [0.15, 0.2) is 11.5 Å². The molecule has 2 amide bonds. The number of hydrogen-bond donors (Lipinski definition) is 1. The number of hydrogen-bond acceptors (Lipinski definition) is 5. The quantitative estimate of drug-likeness (QED) is 0.736. The van der Waals surface area contributed by atoms with Gasteiger partial charge >= 0.3 is 6.09 Å². The highest BCUT2D eigenvalue weighted by Gasteiger charge is 2.24. The molecule has 0 radical (unpaired) electrons. The number of rotatable bonds is 8. The van der Waals surface area contributed by atoms with E-state index in [9.17, 15) is 9.59 Å². The highest BCUT2D eigenvalue weighted by Crippen LogP contribution is 2.28. The van der Waals surface area contributed by atoms with E-state index < -0.39 is 0 Å².